The normalized spacial score (nSPS) is 13.1. The maximum absolute atomic E-state index is 11.7. The minimum atomic E-state index is -0.155. The molecule has 3 rings (SSSR count). The highest BCUT2D eigenvalue weighted by molar-refractivity contribution is 5.89. The van der Waals surface area contributed by atoms with Crippen LogP contribution in [0.3, 0.4) is 0 Å². The number of hydrogen-bond donors (Lipinski definition) is 3. The highest BCUT2D eigenvalue weighted by Crippen LogP contribution is 2.31. The quantitative estimate of drug-likeness (QED) is 0.756. The van der Waals surface area contributed by atoms with Gasteiger partial charge in [-0.25, -0.2) is 4.79 Å². The van der Waals surface area contributed by atoms with E-state index in [-0.39, 0.29) is 6.03 Å². The van der Waals surface area contributed by atoms with Gasteiger partial charge in [-0.1, -0.05) is 0 Å². The lowest BCUT2D eigenvalue weighted by Gasteiger charge is -2.12. The molecule has 1 fully saturated rings. The topological polar surface area (TPSA) is 71.6 Å². The Morgan fingerprint density at radius 3 is 2.17 bits per heavy atom. The Morgan fingerprint density at radius 2 is 1.54 bits per heavy atom. The molecule has 0 aliphatic heterocycles. The molecule has 2 amide bonds. The van der Waals surface area contributed by atoms with Crippen molar-refractivity contribution < 1.29 is 14.3 Å². The molecule has 0 radical (unpaired) electrons. The fourth-order valence-electron chi connectivity index (χ4n) is 2.30. The molecule has 0 aromatic heterocycles. The molecular weight excluding hydrogens is 306 g/mol. The molecule has 1 aliphatic carbocycles. The number of nitrogens with one attached hydrogen (secondary N) is 3. The van der Waals surface area contributed by atoms with Gasteiger partial charge in [-0.3, -0.25) is 0 Å². The summed E-state index contributed by atoms with van der Waals surface area (Å²) in [4.78, 5) is 11.7. The number of rotatable bonds is 6. The van der Waals surface area contributed by atoms with Gasteiger partial charge in [0.2, 0.25) is 0 Å². The Labute approximate surface area is 141 Å². The first-order valence-electron chi connectivity index (χ1n) is 7.84. The average Bonchev–Trinajstić information content (AvgIpc) is 3.40. The van der Waals surface area contributed by atoms with Gasteiger partial charge in [0.1, 0.15) is 0 Å². The molecule has 24 heavy (non-hydrogen) atoms. The summed E-state index contributed by atoms with van der Waals surface area (Å²) in [5.74, 6) is 1.35. The van der Waals surface area contributed by atoms with E-state index in [0.29, 0.717) is 17.5 Å². The lowest BCUT2D eigenvalue weighted by Crippen LogP contribution is -2.30. The molecule has 2 aromatic rings. The molecule has 0 bridgehead atoms. The Balaban J connectivity index is 1.62. The van der Waals surface area contributed by atoms with E-state index in [4.69, 9.17) is 9.47 Å². The molecule has 1 saturated carbocycles. The lowest BCUT2D eigenvalue weighted by atomic mass is 10.2. The second kappa shape index (κ2) is 7.12. The van der Waals surface area contributed by atoms with Crippen molar-refractivity contribution in [3.8, 4) is 11.5 Å². The van der Waals surface area contributed by atoms with Crippen LogP contribution in [0.5, 0.6) is 11.5 Å². The zero-order chi connectivity index (χ0) is 16.9. The summed E-state index contributed by atoms with van der Waals surface area (Å²) in [6.07, 6.45) is 2.14. The molecule has 6 heteroatoms. The van der Waals surface area contributed by atoms with Crippen LogP contribution < -0.4 is 25.4 Å². The molecule has 0 heterocycles. The summed E-state index contributed by atoms with van der Waals surface area (Å²) in [5.41, 5.74) is 2.56. The standard InChI is InChI=1S/C18H21N3O3/c1-23-16-10-9-15(11-17(16)24-2)19-12-3-5-13(6-4-12)20-18(22)21-14-7-8-14/h3-6,9-11,14,19H,7-8H2,1-2H3,(H2,20,21,22). The Bertz CT molecular complexity index is 712. The summed E-state index contributed by atoms with van der Waals surface area (Å²) in [5, 5.41) is 9.00. The molecule has 2 aromatic carbocycles. The third-order valence-corrected chi connectivity index (χ3v) is 3.73. The van der Waals surface area contributed by atoms with Gasteiger partial charge in [-0.15, -0.1) is 0 Å². The number of urea groups is 1. The minimum absolute atomic E-state index is 0.155. The Morgan fingerprint density at radius 1 is 0.917 bits per heavy atom. The first-order chi connectivity index (χ1) is 11.7. The van der Waals surface area contributed by atoms with Crippen molar-refractivity contribution in [3.05, 3.63) is 42.5 Å². The molecule has 3 N–H and O–H groups in total. The fourth-order valence-corrected chi connectivity index (χ4v) is 2.30. The zero-order valence-electron chi connectivity index (χ0n) is 13.8. The van der Waals surface area contributed by atoms with Crippen molar-refractivity contribution in [1.82, 2.24) is 5.32 Å². The van der Waals surface area contributed by atoms with E-state index < -0.39 is 0 Å². The van der Waals surface area contributed by atoms with Crippen molar-refractivity contribution in [2.45, 2.75) is 18.9 Å². The number of hydrogen-bond acceptors (Lipinski definition) is 4. The lowest BCUT2D eigenvalue weighted by molar-refractivity contribution is 0.251. The van der Waals surface area contributed by atoms with Gasteiger partial charge in [0.05, 0.1) is 14.2 Å². The molecular formula is C18H21N3O3. The summed E-state index contributed by atoms with van der Waals surface area (Å²) in [7, 11) is 3.21. The molecule has 0 unspecified atom stereocenters. The van der Waals surface area contributed by atoms with Crippen LogP contribution in [-0.2, 0) is 0 Å². The third kappa shape index (κ3) is 4.10. The van der Waals surface area contributed by atoms with Gasteiger partial charge in [0.15, 0.2) is 11.5 Å². The summed E-state index contributed by atoms with van der Waals surface area (Å²) in [6, 6.07) is 13.3. The van der Waals surface area contributed by atoms with E-state index in [2.05, 4.69) is 16.0 Å². The monoisotopic (exact) mass is 327 g/mol. The number of carbonyl (C=O) groups is 1. The highest BCUT2D eigenvalue weighted by Gasteiger charge is 2.23. The first kappa shape index (κ1) is 16.0. The Hall–Kier alpha value is -2.89. The van der Waals surface area contributed by atoms with Gasteiger partial charge in [-0.2, -0.15) is 0 Å². The second-order valence-electron chi connectivity index (χ2n) is 5.64. The predicted octanol–water partition coefficient (Wildman–Crippen LogP) is 3.73. The number of carbonyl (C=O) groups excluding carboxylic acids is 1. The van der Waals surface area contributed by atoms with Crippen molar-refractivity contribution in [2.24, 2.45) is 0 Å². The van der Waals surface area contributed by atoms with Crippen molar-refractivity contribution in [2.75, 3.05) is 24.9 Å². The van der Waals surface area contributed by atoms with Gasteiger partial charge in [-0.05, 0) is 49.2 Å². The van der Waals surface area contributed by atoms with Crippen LogP contribution in [0.4, 0.5) is 21.9 Å². The second-order valence-corrected chi connectivity index (χ2v) is 5.64. The van der Waals surface area contributed by atoms with Gasteiger partial charge >= 0.3 is 6.03 Å². The van der Waals surface area contributed by atoms with E-state index in [0.717, 1.165) is 29.9 Å². The predicted molar refractivity (Wildman–Crippen MR) is 94.4 cm³/mol. The van der Waals surface area contributed by atoms with Crippen LogP contribution in [-0.4, -0.2) is 26.3 Å². The summed E-state index contributed by atoms with van der Waals surface area (Å²) >= 11 is 0. The smallest absolute Gasteiger partial charge is 0.319 e. The average molecular weight is 327 g/mol. The summed E-state index contributed by atoms with van der Waals surface area (Å²) < 4.78 is 10.5. The first-order valence-corrected chi connectivity index (χ1v) is 7.84. The fraction of sp³-hybridized carbons (Fsp3) is 0.278. The molecule has 126 valence electrons. The molecule has 0 saturated heterocycles. The molecule has 1 aliphatic rings. The largest absolute Gasteiger partial charge is 0.493 e. The minimum Gasteiger partial charge on any atom is -0.493 e. The van der Waals surface area contributed by atoms with E-state index in [1.54, 1.807) is 14.2 Å². The number of methoxy groups -OCH3 is 2. The Kier molecular flexibility index (Phi) is 4.74. The van der Waals surface area contributed by atoms with E-state index >= 15 is 0 Å². The maximum atomic E-state index is 11.7. The molecule has 0 atom stereocenters. The van der Waals surface area contributed by atoms with E-state index in [1.807, 2.05) is 42.5 Å². The van der Waals surface area contributed by atoms with Crippen molar-refractivity contribution in [1.29, 1.82) is 0 Å². The van der Waals surface area contributed by atoms with Crippen LogP contribution in [0.15, 0.2) is 42.5 Å². The summed E-state index contributed by atoms with van der Waals surface area (Å²) in [6.45, 7) is 0. The third-order valence-electron chi connectivity index (χ3n) is 3.73. The number of ether oxygens (including phenoxy) is 2. The van der Waals surface area contributed by atoms with Gasteiger partial charge in [0, 0.05) is 29.2 Å². The van der Waals surface area contributed by atoms with Gasteiger partial charge < -0.3 is 25.4 Å². The van der Waals surface area contributed by atoms with Crippen molar-refractivity contribution in [3.63, 3.8) is 0 Å². The molecule has 0 spiro atoms. The van der Waals surface area contributed by atoms with E-state index in [1.165, 1.54) is 0 Å². The van der Waals surface area contributed by atoms with Crippen LogP contribution >= 0.6 is 0 Å². The van der Waals surface area contributed by atoms with Gasteiger partial charge in [0.25, 0.3) is 0 Å². The SMILES string of the molecule is COc1ccc(Nc2ccc(NC(=O)NC3CC3)cc2)cc1OC. The molecule has 6 nitrogen and oxygen atoms in total. The van der Waals surface area contributed by atoms with Crippen LogP contribution in [0.1, 0.15) is 12.8 Å². The highest BCUT2D eigenvalue weighted by atomic mass is 16.5. The number of amides is 2. The van der Waals surface area contributed by atoms with E-state index in [9.17, 15) is 4.79 Å². The van der Waals surface area contributed by atoms with Crippen molar-refractivity contribution >= 4 is 23.1 Å². The number of anilines is 3. The van der Waals surface area contributed by atoms with Crippen LogP contribution in [0.2, 0.25) is 0 Å². The zero-order valence-corrected chi connectivity index (χ0v) is 13.8. The van der Waals surface area contributed by atoms with Crippen LogP contribution in [0, 0.1) is 0 Å². The van der Waals surface area contributed by atoms with Crippen LogP contribution in [0.25, 0.3) is 0 Å². The maximum Gasteiger partial charge on any atom is 0.319 e. The number of benzene rings is 2.